The van der Waals surface area contributed by atoms with Crippen LogP contribution in [-0.4, -0.2) is 47.4 Å². The lowest BCUT2D eigenvalue weighted by Crippen LogP contribution is -2.45. The molecule has 0 fully saturated rings. The summed E-state index contributed by atoms with van der Waals surface area (Å²) in [6.07, 6.45) is 89.7. The van der Waals surface area contributed by atoms with E-state index in [0.717, 1.165) is 44.9 Å². The number of carbonyl (C=O) groups is 2. The molecule has 0 saturated heterocycles. The summed E-state index contributed by atoms with van der Waals surface area (Å²) in [6, 6.07) is -0.624. The summed E-state index contributed by atoms with van der Waals surface area (Å²) >= 11 is 0. The third-order valence-corrected chi connectivity index (χ3v) is 16.9. The Bertz CT molecular complexity index is 1300. The van der Waals surface area contributed by atoms with Gasteiger partial charge in [-0.25, -0.2) is 0 Å². The summed E-state index contributed by atoms with van der Waals surface area (Å²) in [6.45, 7) is 4.91. The number of unbranched alkanes of at least 4 members (excludes halogenated alkanes) is 53. The van der Waals surface area contributed by atoms with Crippen LogP contribution in [0.4, 0.5) is 0 Å². The average Bonchev–Trinajstić information content (AvgIpc) is 3.46. The van der Waals surface area contributed by atoms with Gasteiger partial charge < -0.3 is 20.3 Å². The van der Waals surface area contributed by atoms with Crippen LogP contribution in [0.15, 0.2) is 36.5 Å². The largest absolute Gasteiger partial charge is 0.466 e. The summed E-state index contributed by atoms with van der Waals surface area (Å²) in [5, 5.41) is 23.1. The second-order valence-corrected chi connectivity index (χ2v) is 24.9. The van der Waals surface area contributed by atoms with Crippen LogP contribution in [0, 0.1) is 0 Å². The molecule has 3 N–H and O–H groups in total. The number of aliphatic hydroxyl groups excluding tert-OH is 2. The van der Waals surface area contributed by atoms with Crippen LogP contribution < -0.4 is 5.32 Å². The fourth-order valence-corrected chi connectivity index (χ4v) is 11.3. The fourth-order valence-electron chi connectivity index (χ4n) is 11.3. The summed E-state index contributed by atoms with van der Waals surface area (Å²) in [5.41, 5.74) is 0. The highest BCUT2D eigenvalue weighted by atomic mass is 16.5. The standard InChI is InChI=1S/C74H141NO5/c1-3-5-7-9-11-13-15-42-46-50-54-58-62-66-72(77)71(70-76)75-73(78)67-63-59-55-51-47-44-40-38-36-34-32-30-28-26-24-22-20-18-17-19-21-23-25-27-29-31-33-35-37-39-41-45-49-53-57-61-65-69-80-74(79)68-64-60-56-52-48-43-16-14-12-10-8-6-4-2/h14,16-17,19,62,66,71-72,76-77H,3-13,15,18,20-61,63-65,67-70H2,1-2H3,(H,75,78)/b16-14-,19-17-,66-62+. The molecule has 0 aliphatic rings. The van der Waals surface area contributed by atoms with Gasteiger partial charge in [-0.3, -0.25) is 9.59 Å². The molecular weight excluding hydrogens is 983 g/mol. The lowest BCUT2D eigenvalue weighted by molar-refractivity contribution is -0.143. The van der Waals surface area contributed by atoms with Crippen LogP contribution in [0.25, 0.3) is 0 Å². The first-order chi connectivity index (χ1) is 39.5. The maximum absolute atomic E-state index is 12.5. The Morgan fingerprint density at radius 1 is 0.338 bits per heavy atom. The molecule has 0 spiro atoms. The SMILES string of the molecule is CCCCCC/C=C\CCCCCCCC(=O)OCCCCCCCCCCCCCCCCCC/C=C\CCCCCCCCCCCCCCCCCCCC(=O)NC(CO)C(O)/C=C/CCCCCCCCCCCCC. The third-order valence-electron chi connectivity index (χ3n) is 16.9. The van der Waals surface area contributed by atoms with Crippen LogP contribution in [0.3, 0.4) is 0 Å². The highest BCUT2D eigenvalue weighted by molar-refractivity contribution is 5.76. The van der Waals surface area contributed by atoms with Gasteiger partial charge in [0.05, 0.1) is 25.4 Å². The van der Waals surface area contributed by atoms with Gasteiger partial charge in [-0.15, -0.1) is 0 Å². The molecule has 2 unspecified atom stereocenters. The monoisotopic (exact) mass is 1120 g/mol. The van der Waals surface area contributed by atoms with E-state index in [-0.39, 0.29) is 18.5 Å². The molecule has 2 atom stereocenters. The second kappa shape index (κ2) is 69.6. The molecule has 472 valence electrons. The summed E-state index contributed by atoms with van der Waals surface area (Å²) in [5.74, 6) is -0.0504. The molecule has 0 aromatic carbocycles. The topological polar surface area (TPSA) is 95.9 Å². The Kier molecular flexibility index (Phi) is 67.9. The summed E-state index contributed by atoms with van der Waals surface area (Å²) in [7, 11) is 0. The molecule has 80 heavy (non-hydrogen) atoms. The number of allylic oxidation sites excluding steroid dienone is 5. The quantitative estimate of drug-likeness (QED) is 0.0320. The van der Waals surface area contributed by atoms with Crippen molar-refractivity contribution in [2.75, 3.05) is 13.2 Å². The van der Waals surface area contributed by atoms with Gasteiger partial charge in [0.1, 0.15) is 0 Å². The minimum Gasteiger partial charge on any atom is -0.466 e. The van der Waals surface area contributed by atoms with Crippen molar-refractivity contribution in [3.05, 3.63) is 36.5 Å². The Hall–Kier alpha value is -1.92. The summed E-state index contributed by atoms with van der Waals surface area (Å²) < 4.78 is 5.48. The van der Waals surface area contributed by atoms with E-state index in [1.54, 1.807) is 6.08 Å². The number of ether oxygens (including phenoxy) is 1. The molecule has 0 bridgehead atoms. The molecule has 0 saturated carbocycles. The first kappa shape index (κ1) is 78.1. The molecule has 0 aromatic rings. The van der Waals surface area contributed by atoms with E-state index in [1.165, 1.54) is 327 Å². The van der Waals surface area contributed by atoms with E-state index in [9.17, 15) is 19.8 Å². The number of rotatable bonds is 68. The lowest BCUT2D eigenvalue weighted by Gasteiger charge is -2.20. The highest BCUT2D eigenvalue weighted by Gasteiger charge is 2.18. The van der Waals surface area contributed by atoms with E-state index in [4.69, 9.17) is 4.74 Å². The number of amides is 1. The van der Waals surface area contributed by atoms with E-state index in [1.807, 2.05) is 6.08 Å². The van der Waals surface area contributed by atoms with Crippen molar-refractivity contribution in [1.29, 1.82) is 0 Å². The molecule has 0 aliphatic heterocycles. The maximum Gasteiger partial charge on any atom is 0.305 e. The van der Waals surface area contributed by atoms with E-state index in [0.29, 0.717) is 19.4 Å². The maximum atomic E-state index is 12.5. The van der Waals surface area contributed by atoms with Gasteiger partial charge in [-0.1, -0.05) is 339 Å². The minimum atomic E-state index is -0.841. The van der Waals surface area contributed by atoms with Crippen LogP contribution in [0.1, 0.15) is 399 Å². The van der Waals surface area contributed by atoms with E-state index in [2.05, 4.69) is 43.5 Å². The molecule has 6 heteroatoms. The molecule has 0 heterocycles. The van der Waals surface area contributed by atoms with Gasteiger partial charge in [0, 0.05) is 12.8 Å². The Balaban J connectivity index is 3.33. The van der Waals surface area contributed by atoms with E-state index >= 15 is 0 Å². The fraction of sp³-hybridized carbons (Fsp3) is 0.892. The van der Waals surface area contributed by atoms with Crippen molar-refractivity contribution >= 4 is 11.9 Å². The van der Waals surface area contributed by atoms with Crippen LogP contribution in [0.5, 0.6) is 0 Å². The summed E-state index contributed by atoms with van der Waals surface area (Å²) in [4.78, 5) is 24.5. The molecule has 0 rings (SSSR count). The van der Waals surface area contributed by atoms with Gasteiger partial charge in [0.15, 0.2) is 0 Å². The van der Waals surface area contributed by atoms with Crippen LogP contribution >= 0.6 is 0 Å². The minimum absolute atomic E-state index is 0.0122. The molecule has 1 amide bonds. The van der Waals surface area contributed by atoms with Crippen molar-refractivity contribution in [1.82, 2.24) is 5.32 Å². The highest BCUT2D eigenvalue weighted by Crippen LogP contribution is 2.19. The Morgan fingerprint density at radius 2 is 0.588 bits per heavy atom. The predicted molar refractivity (Wildman–Crippen MR) is 352 cm³/mol. The Labute approximate surface area is 500 Å². The number of carbonyl (C=O) groups excluding carboxylic acids is 2. The van der Waals surface area contributed by atoms with Gasteiger partial charge in [0.25, 0.3) is 0 Å². The zero-order valence-corrected chi connectivity index (χ0v) is 54.1. The third kappa shape index (κ3) is 65.2. The molecular formula is C74H141NO5. The number of aliphatic hydroxyl groups is 2. The first-order valence-electron chi connectivity index (χ1n) is 36.3. The molecule has 0 aromatic heterocycles. The number of hydrogen-bond acceptors (Lipinski definition) is 5. The second-order valence-electron chi connectivity index (χ2n) is 24.9. The average molecular weight is 1120 g/mol. The number of nitrogens with one attached hydrogen (secondary N) is 1. The van der Waals surface area contributed by atoms with Gasteiger partial charge in [0.2, 0.25) is 5.91 Å². The van der Waals surface area contributed by atoms with Gasteiger partial charge >= 0.3 is 5.97 Å². The van der Waals surface area contributed by atoms with Crippen molar-refractivity contribution in [2.24, 2.45) is 0 Å². The Morgan fingerprint density at radius 3 is 0.900 bits per heavy atom. The van der Waals surface area contributed by atoms with Crippen LogP contribution in [-0.2, 0) is 14.3 Å². The van der Waals surface area contributed by atoms with Crippen molar-refractivity contribution in [3.63, 3.8) is 0 Å². The molecule has 0 aliphatic carbocycles. The number of hydrogen-bond donors (Lipinski definition) is 3. The zero-order valence-electron chi connectivity index (χ0n) is 54.1. The molecule has 6 nitrogen and oxygen atoms in total. The number of esters is 1. The molecule has 0 radical (unpaired) electrons. The first-order valence-corrected chi connectivity index (χ1v) is 36.3. The van der Waals surface area contributed by atoms with Crippen molar-refractivity contribution in [2.45, 2.75) is 411 Å². The van der Waals surface area contributed by atoms with Crippen LogP contribution in [0.2, 0.25) is 0 Å². The van der Waals surface area contributed by atoms with Crippen molar-refractivity contribution in [3.8, 4) is 0 Å². The normalized spacial score (nSPS) is 12.7. The predicted octanol–water partition coefficient (Wildman–Crippen LogP) is 23.5. The van der Waals surface area contributed by atoms with E-state index < -0.39 is 12.1 Å². The smallest absolute Gasteiger partial charge is 0.305 e. The van der Waals surface area contributed by atoms with Gasteiger partial charge in [-0.05, 0) is 83.5 Å². The lowest BCUT2D eigenvalue weighted by atomic mass is 10.0. The van der Waals surface area contributed by atoms with Gasteiger partial charge in [-0.2, -0.15) is 0 Å². The van der Waals surface area contributed by atoms with Crippen molar-refractivity contribution < 1.29 is 24.5 Å². The zero-order chi connectivity index (χ0) is 57.8.